The Morgan fingerprint density at radius 1 is 1.41 bits per heavy atom. The van der Waals surface area contributed by atoms with Gasteiger partial charge in [0.2, 0.25) is 0 Å². The summed E-state index contributed by atoms with van der Waals surface area (Å²) in [5, 5.41) is 0. The van der Waals surface area contributed by atoms with E-state index in [2.05, 4.69) is 47.9 Å². The van der Waals surface area contributed by atoms with Gasteiger partial charge in [0.25, 0.3) is 0 Å². The molecular weight excluding hydrogens is 208 g/mol. The summed E-state index contributed by atoms with van der Waals surface area (Å²) in [5.74, 6) is 0. The molecule has 0 aromatic carbocycles. The second kappa shape index (κ2) is 5.09. The van der Waals surface area contributed by atoms with Gasteiger partial charge in [-0.3, -0.25) is 0 Å². The van der Waals surface area contributed by atoms with Gasteiger partial charge in [0, 0.05) is 11.4 Å². The molecule has 2 heteroatoms. The van der Waals surface area contributed by atoms with Crippen LogP contribution in [0.2, 0.25) is 0 Å². The van der Waals surface area contributed by atoms with Crippen molar-refractivity contribution in [2.45, 2.75) is 32.2 Å². The molecule has 0 radical (unpaired) electrons. The molecular formula is C15H20N2. The van der Waals surface area contributed by atoms with Crippen molar-refractivity contribution >= 4 is 0 Å². The van der Waals surface area contributed by atoms with Crippen LogP contribution in [0.25, 0.3) is 0 Å². The normalized spacial score (nSPS) is 23.0. The molecule has 1 atom stereocenters. The summed E-state index contributed by atoms with van der Waals surface area (Å²) >= 11 is 0. The summed E-state index contributed by atoms with van der Waals surface area (Å²) in [7, 11) is 0. The number of allylic oxidation sites excluding steroid dienone is 6. The molecule has 0 saturated carbocycles. The molecule has 17 heavy (non-hydrogen) atoms. The lowest BCUT2D eigenvalue weighted by molar-refractivity contribution is 0.367. The van der Waals surface area contributed by atoms with E-state index in [1.54, 1.807) is 0 Å². The molecule has 2 nitrogen and oxygen atoms in total. The Kier molecular flexibility index (Phi) is 3.52. The van der Waals surface area contributed by atoms with Crippen molar-refractivity contribution in [3.63, 3.8) is 0 Å². The van der Waals surface area contributed by atoms with Crippen LogP contribution in [0.4, 0.5) is 0 Å². The smallest absolute Gasteiger partial charge is 0.0601 e. The van der Waals surface area contributed by atoms with Crippen LogP contribution in [-0.2, 0) is 0 Å². The van der Waals surface area contributed by atoms with Crippen LogP contribution in [0.5, 0.6) is 0 Å². The van der Waals surface area contributed by atoms with E-state index in [1.807, 2.05) is 6.92 Å². The Hall–Kier alpha value is -1.70. The second-order valence-electron chi connectivity index (χ2n) is 4.57. The van der Waals surface area contributed by atoms with Crippen LogP contribution in [-0.4, -0.2) is 10.9 Å². The van der Waals surface area contributed by atoms with E-state index in [4.69, 9.17) is 5.73 Å². The molecule has 0 fully saturated rings. The first-order valence-electron chi connectivity index (χ1n) is 6.13. The van der Waals surface area contributed by atoms with Crippen LogP contribution >= 0.6 is 0 Å². The molecule has 0 saturated heterocycles. The lowest BCUT2D eigenvalue weighted by Crippen LogP contribution is -2.33. The number of nitrogens with two attached hydrogens (primary N) is 1. The van der Waals surface area contributed by atoms with E-state index >= 15 is 0 Å². The van der Waals surface area contributed by atoms with Gasteiger partial charge in [-0.25, -0.2) is 0 Å². The van der Waals surface area contributed by atoms with E-state index in [1.165, 1.54) is 0 Å². The number of nitrogens with zero attached hydrogens (tertiary/aromatic N) is 1. The molecule has 0 aromatic heterocycles. The molecule has 2 rings (SSSR count). The maximum atomic E-state index is 6.13. The van der Waals surface area contributed by atoms with Crippen molar-refractivity contribution in [1.82, 2.24) is 4.90 Å². The predicted molar refractivity (Wildman–Crippen MR) is 72.9 cm³/mol. The van der Waals surface area contributed by atoms with Crippen molar-refractivity contribution in [2.24, 2.45) is 5.73 Å². The zero-order chi connectivity index (χ0) is 12.3. The molecule has 0 bridgehead atoms. The fraction of sp³-hybridized carbons (Fsp3) is 0.333. The molecule has 0 heterocycles. The molecule has 0 amide bonds. The van der Waals surface area contributed by atoms with E-state index in [0.29, 0.717) is 6.04 Å². The van der Waals surface area contributed by atoms with Gasteiger partial charge < -0.3 is 10.6 Å². The minimum absolute atomic E-state index is 0.341. The first-order chi connectivity index (χ1) is 8.20. The highest BCUT2D eigenvalue weighted by molar-refractivity contribution is 5.32. The Bertz CT molecular complexity index is 424. The SMILES string of the molecule is C=C(C)N(C1=C(N)CCC=C1)C1C=CC=CC1. The van der Waals surface area contributed by atoms with Gasteiger partial charge in [-0.1, -0.05) is 37.0 Å². The average molecular weight is 228 g/mol. The lowest BCUT2D eigenvalue weighted by atomic mass is 10.0. The highest BCUT2D eigenvalue weighted by Gasteiger charge is 2.21. The van der Waals surface area contributed by atoms with Gasteiger partial charge in [-0.2, -0.15) is 0 Å². The van der Waals surface area contributed by atoms with E-state index < -0.39 is 0 Å². The summed E-state index contributed by atoms with van der Waals surface area (Å²) in [5.41, 5.74) is 9.26. The largest absolute Gasteiger partial charge is 0.400 e. The van der Waals surface area contributed by atoms with E-state index in [-0.39, 0.29) is 0 Å². The number of hydrogen-bond donors (Lipinski definition) is 1. The summed E-state index contributed by atoms with van der Waals surface area (Å²) < 4.78 is 0. The van der Waals surface area contributed by atoms with Crippen molar-refractivity contribution in [1.29, 1.82) is 0 Å². The van der Waals surface area contributed by atoms with Crippen LogP contribution in [0.3, 0.4) is 0 Å². The summed E-state index contributed by atoms with van der Waals surface area (Å²) in [6.07, 6.45) is 15.9. The van der Waals surface area contributed by atoms with Crippen molar-refractivity contribution in [3.8, 4) is 0 Å². The Balaban J connectivity index is 2.29. The fourth-order valence-electron chi connectivity index (χ4n) is 2.33. The third kappa shape index (κ3) is 2.52. The van der Waals surface area contributed by atoms with Crippen LogP contribution in [0, 0.1) is 0 Å². The van der Waals surface area contributed by atoms with Crippen molar-refractivity contribution in [3.05, 3.63) is 60.1 Å². The highest BCUT2D eigenvalue weighted by atomic mass is 15.2. The molecule has 2 aliphatic rings. The van der Waals surface area contributed by atoms with Crippen LogP contribution in [0.1, 0.15) is 26.2 Å². The predicted octanol–water partition coefficient (Wildman–Crippen LogP) is 3.23. The fourth-order valence-corrected chi connectivity index (χ4v) is 2.33. The molecule has 0 aliphatic heterocycles. The monoisotopic (exact) mass is 228 g/mol. The summed E-state index contributed by atoms with van der Waals surface area (Å²) in [6.45, 7) is 6.12. The Morgan fingerprint density at radius 2 is 2.24 bits per heavy atom. The minimum Gasteiger partial charge on any atom is -0.400 e. The molecule has 1 unspecified atom stereocenters. The topological polar surface area (TPSA) is 29.3 Å². The maximum Gasteiger partial charge on any atom is 0.0601 e. The van der Waals surface area contributed by atoms with Gasteiger partial charge in [0.15, 0.2) is 0 Å². The minimum atomic E-state index is 0.341. The van der Waals surface area contributed by atoms with Gasteiger partial charge in [0.1, 0.15) is 0 Å². The van der Waals surface area contributed by atoms with Gasteiger partial charge >= 0.3 is 0 Å². The average Bonchev–Trinajstić information content (AvgIpc) is 2.33. The maximum absolute atomic E-state index is 6.13. The van der Waals surface area contributed by atoms with Gasteiger partial charge in [-0.15, -0.1) is 0 Å². The van der Waals surface area contributed by atoms with Crippen molar-refractivity contribution in [2.75, 3.05) is 0 Å². The van der Waals surface area contributed by atoms with Crippen LogP contribution in [0.15, 0.2) is 60.1 Å². The Labute approximate surface area is 103 Å². The molecule has 2 aliphatic carbocycles. The Morgan fingerprint density at radius 3 is 2.82 bits per heavy atom. The van der Waals surface area contributed by atoms with Gasteiger partial charge in [0.05, 0.1) is 11.7 Å². The highest BCUT2D eigenvalue weighted by Crippen LogP contribution is 2.27. The molecule has 90 valence electrons. The third-order valence-electron chi connectivity index (χ3n) is 3.15. The zero-order valence-corrected chi connectivity index (χ0v) is 10.4. The second-order valence-corrected chi connectivity index (χ2v) is 4.57. The zero-order valence-electron chi connectivity index (χ0n) is 10.4. The molecule has 0 aromatic rings. The van der Waals surface area contributed by atoms with Crippen molar-refractivity contribution < 1.29 is 0 Å². The number of hydrogen-bond acceptors (Lipinski definition) is 2. The summed E-state index contributed by atoms with van der Waals surface area (Å²) in [4.78, 5) is 2.24. The standard InChI is InChI=1S/C15H20N2/c1-12(2)17(13-8-4-3-5-9-13)15-11-7-6-10-14(15)16/h3-5,7-8,11,13H,1,6,9-10,16H2,2H3. The third-order valence-corrected chi connectivity index (χ3v) is 3.15. The lowest BCUT2D eigenvalue weighted by Gasteiger charge is -2.35. The van der Waals surface area contributed by atoms with E-state index in [0.717, 1.165) is 36.4 Å². The van der Waals surface area contributed by atoms with E-state index in [9.17, 15) is 0 Å². The summed E-state index contributed by atoms with van der Waals surface area (Å²) in [6, 6.07) is 0.341. The quantitative estimate of drug-likeness (QED) is 0.803. The molecule has 2 N–H and O–H groups in total. The van der Waals surface area contributed by atoms with Crippen LogP contribution < -0.4 is 5.73 Å². The first kappa shape index (κ1) is 11.8. The number of rotatable bonds is 3. The molecule has 0 spiro atoms. The first-order valence-corrected chi connectivity index (χ1v) is 6.13. The van der Waals surface area contributed by atoms with Gasteiger partial charge in [-0.05, 0) is 32.3 Å².